The molecule has 0 radical (unpaired) electrons. The molecule has 0 unspecified atom stereocenters. The molecule has 0 fully saturated rings. The Labute approximate surface area is 126 Å². The highest BCUT2D eigenvalue weighted by Crippen LogP contribution is 2.11. The molecule has 22 heavy (non-hydrogen) atoms. The Balaban J connectivity index is 2.12. The summed E-state index contributed by atoms with van der Waals surface area (Å²) in [7, 11) is 0. The summed E-state index contributed by atoms with van der Waals surface area (Å²) in [4.78, 5) is 17.3. The lowest BCUT2D eigenvalue weighted by Crippen LogP contribution is -2.27. The summed E-state index contributed by atoms with van der Waals surface area (Å²) in [6.07, 6.45) is 0. The van der Waals surface area contributed by atoms with Gasteiger partial charge in [0.2, 0.25) is 0 Å². The number of nitrogens with zero attached hydrogens (tertiary/aromatic N) is 3. The number of para-hydroxylation sites is 2. The third-order valence-corrected chi connectivity index (χ3v) is 3.87. The molecule has 0 bridgehead atoms. The highest BCUT2D eigenvalue weighted by atomic mass is 16.1. The second-order valence-corrected chi connectivity index (χ2v) is 5.45. The summed E-state index contributed by atoms with van der Waals surface area (Å²) in [5, 5.41) is 3.16. The number of rotatable bonds is 1. The van der Waals surface area contributed by atoms with Gasteiger partial charge in [0.1, 0.15) is 5.52 Å². The van der Waals surface area contributed by atoms with Crippen molar-refractivity contribution in [1.29, 1.82) is 0 Å². The molecule has 5 nitrogen and oxygen atoms in total. The lowest BCUT2D eigenvalue weighted by Gasteiger charge is -1.96. The fourth-order valence-electron chi connectivity index (χ4n) is 2.74. The molecule has 0 aliphatic rings. The fraction of sp³-hybridized carbons (Fsp3) is 0.118. The first-order valence-electron chi connectivity index (χ1n) is 7.14. The maximum atomic E-state index is 12.7. The second-order valence-electron chi connectivity index (χ2n) is 5.45. The summed E-state index contributed by atoms with van der Waals surface area (Å²) in [6.45, 7) is 3.88. The average molecular weight is 291 g/mol. The smallest absolute Gasteiger partial charge is 0.244 e. The van der Waals surface area contributed by atoms with Crippen molar-refractivity contribution in [3.63, 3.8) is 0 Å². The van der Waals surface area contributed by atoms with Crippen LogP contribution < -0.4 is 10.1 Å². The number of benzene rings is 2. The molecule has 0 atom stereocenters. The maximum Gasteiger partial charge on any atom is 0.408 e. The Bertz CT molecular complexity index is 1060. The molecule has 2 aromatic heterocycles. The van der Waals surface area contributed by atoms with Gasteiger partial charge in [-0.15, -0.1) is 4.52 Å². The Morgan fingerprint density at radius 1 is 1.05 bits per heavy atom. The lowest BCUT2D eigenvalue weighted by atomic mass is 10.2. The number of nitrogens with one attached hydrogen (secondary N) is 1. The van der Waals surface area contributed by atoms with E-state index in [0.717, 1.165) is 22.3 Å². The van der Waals surface area contributed by atoms with Gasteiger partial charge in [-0.1, -0.05) is 39.7 Å². The first-order valence-corrected chi connectivity index (χ1v) is 7.14. The molecule has 0 spiro atoms. The van der Waals surface area contributed by atoms with E-state index in [2.05, 4.69) is 10.2 Å². The van der Waals surface area contributed by atoms with Crippen molar-refractivity contribution in [2.45, 2.75) is 13.8 Å². The van der Waals surface area contributed by atoms with Gasteiger partial charge in [-0.05, 0) is 38.1 Å². The van der Waals surface area contributed by atoms with E-state index in [-0.39, 0.29) is 5.56 Å². The number of fused-ring (bicyclic) bond motifs is 3. The zero-order chi connectivity index (χ0) is 15.3. The third-order valence-electron chi connectivity index (χ3n) is 3.87. The molecule has 4 aromatic rings. The molecule has 5 heteroatoms. The van der Waals surface area contributed by atoms with Gasteiger partial charge in [0.05, 0.1) is 5.69 Å². The van der Waals surface area contributed by atoms with Crippen LogP contribution in [0.5, 0.6) is 0 Å². The minimum Gasteiger partial charge on any atom is -0.244 e. The van der Waals surface area contributed by atoms with Gasteiger partial charge in [-0.3, -0.25) is 0 Å². The summed E-state index contributed by atoms with van der Waals surface area (Å²) in [6, 6.07) is 15.6. The van der Waals surface area contributed by atoms with Crippen LogP contribution in [0.2, 0.25) is 0 Å². The first kappa shape index (κ1) is 12.8. The van der Waals surface area contributed by atoms with Crippen molar-refractivity contribution in [1.82, 2.24) is 14.9 Å². The molecular weight excluding hydrogens is 276 g/mol. The molecule has 0 saturated carbocycles. The van der Waals surface area contributed by atoms with Crippen LogP contribution in [0, 0.1) is 13.8 Å². The number of aromatic amines is 1. The van der Waals surface area contributed by atoms with Crippen LogP contribution >= 0.6 is 0 Å². The molecule has 0 aliphatic carbocycles. The molecule has 2 heterocycles. The van der Waals surface area contributed by atoms with Crippen LogP contribution in [-0.4, -0.2) is 14.9 Å². The van der Waals surface area contributed by atoms with Crippen LogP contribution in [0.4, 0.5) is 0 Å². The SMILES string of the molecule is Cc1ccc(-n2[nH][n+]3c(c(C)nc4ccccc43)c2=O)cc1. The Morgan fingerprint density at radius 2 is 1.77 bits per heavy atom. The van der Waals surface area contributed by atoms with E-state index in [9.17, 15) is 4.79 Å². The van der Waals surface area contributed by atoms with E-state index < -0.39 is 0 Å². The number of hydrogen-bond donors (Lipinski definition) is 1. The number of aromatic nitrogens is 4. The van der Waals surface area contributed by atoms with Crippen LogP contribution in [0.1, 0.15) is 11.3 Å². The predicted octanol–water partition coefficient (Wildman–Crippen LogP) is 2.07. The molecule has 0 aliphatic heterocycles. The van der Waals surface area contributed by atoms with Crippen molar-refractivity contribution in [2.75, 3.05) is 0 Å². The van der Waals surface area contributed by atoms with Crippen molar-refractivity contribution in [2.24, 2.45) is 0 Å². The molecule has 108 valence electrons. The minimum absolute atomic E-state index is 0.0976. The van der Waals surface area contributed by atoms with Gasteiger partial charge in [0, 0.05) is 0 Å². The van der Waals surface area contributed by atoms with Gasteiger partial charge in [0.15, 0.2) is 11.2 Å². The van der Waals surface area contributed by atoms with Crippen LogP contribution in [-0.2, 0) is 0 Å². The van der Waals surface area contributed by atoms with Gasteiger partial charge < -0.3 is 0 Å². The van der Waals surface area contributed by atoms with Gasteiger partial charge >= 0.3 is 5.56 Å². The Kier molecular flexibility index (Phi) is 2.63. The van der Waals surface area contributed by atoms with Crippen molar-refractivity contribution < 1.29 is 4.52 Å². The number of hydrogen-bond acceptors (Lipinski definition) is 2. The van der Waals surface area contributed by atoms with Crippen molar-refractivity contribution in [3.05, 3.63) is 70.1 Å². The standard InChI is InChI=1S/C17H14N4O/c1-11-7-9-13(10-8-11)20-17(22)16-12(2)18-14-5-3-4-6-15(14)21(16)19-20/h3-10H,1-2H3/p+1. The molecule has 4 rings (SSSR count). The monoisotopic (exact) mass is 291 g/mol. The van der Waals surface area contributed by atoms with E-state index in [1.807, 2.05) is 62.4 Å². The normalized spacial score (nSPS) is 11.4. The quantitative estimate of drug-likeness (QED) is 0.546. The zero-order valence-corrected chi connectivity index (χ0v) is 12.4. The largest absolute Gasteiger partial charge is 0.408 e. The molecule has 1 N–H and O–H groups in total. The van der Waals surface area contributed by atoms with Crippen LogP contribution in [0.25, 0.3) is 22.2 Å². The summed E-state index contributed by atoms with van der Waals surface area (Å²) >= 11 is 0. The predicted molar refractivity (Wildman–Crippen MR) is 84.3 cm³/mol. The molecule has 2 aromatic carbocycles. The number of H-pyrrole nitrogens is 1. The van der Waals surface area contributed by atoms with Gasteiger partial charge in [-0.25, -0.2) is 9.78 Å². The maximum absolute atomic E-state index is 12.7. The van der Waals surface area contributed by atoms with E-state index in [4.69, 9.17) is 0 Å². The van der Waals surface area contributed by atoms with Crippen LogP contribution in [0.3, 0.4) is 0 Å². The summed E-state index contributed by atoms with van der Waals surface area (Å²) < 4.78 is 3.36. The summed E-state index contributed by atoms with van der Waals surface area (Å²) in [5.74, 6) is 0. The second kappa shape index (κ2) is 4.53. The van der Waals surface area contributed by atoms with E-state index >= 15 is 0 Å². The van der Waals surface area contributed by atoms with Gasteiger partial charge in [-0.2, -0.15) is 0 Å². The molecule has 0 amide bonds. The molecular formula is C17H15N4O+. The van der Waals surface area contributed by atoms with E-state index in [0.29, 0.717) is 11.2 Å². The van der Waals surface area contributed by atoms with Crippen molar-refractivity contribution >= 4 is 16.6 Å². The summed E-state index contributed by atoms with van der Waals surface area (Å²) in [5.41, 5.74) is 4.89. The van der Waals surface area contributed by atoms with E-state index in [1.54, 1.807) is 9.20 Å². The first-order chi connectivity index (χ1) is 10.6. The molecule has 0 saturated heterocycles. The highest BCUT2D eigenvalue weighted by molar-refractivity contribution is 5.72. The Hall–Kier alpha value is -2.95. The minimum atomic E-state index is -0.0976. The van der Waals surface area contributed by atoms with E-state index in [1.165, 1.54) is 0 Å². The fourth-order valence-corrected chi connectivity index (χ4v) is 2.74. The zero-order valence-electron chi connectivity index (χ0n) is 12.4. The topological polar surface area (TPSA) is 54.8 Å². The van der Waals surface area contributed by atoms with Crippen molar-refractivity contribution in [3.8, 4) is 5.69 Å². The highest BCUT2D eigenvalue weighted by Gasteiger charge is 2.22. The average Bonchev–Trinajstić information content (AvgIpc) is 2.87. The Morgan fingerprint density at radius 3 is 2.55 bits per heavy atom. The third kappa shape index (κ3) is 1.75. The number of aryl methyl sites for hydroxylation is 2. The van der Waals surface area contributed by atoms with Crippen LogP contribution in [0.15, 0.2) is 53.3 Å². The lowest BCUT2D eigenvalue weighted by molar-refractivity contribution is -0.556. The van der Waals surface area contributed by atoms with Gasteiger partial charge in [0.25, 0.3) is 5.52 Å².